The van der Waals surface area contributed by atoms with E-state index in [1.807, 2.05) is 12.1 Å². The molecule has 0 aliphatic heterocycles. The zero-order valence-corrected chi connectivity index (χ0v) is 26.6. The number of benzene rings is 8. The molecule has 2 aromatic heterocycles. The molecule has 1 aliphatic carbocycles. The summed E-state index contributed by atoms with van der Waals surface area (Å²) in [7, 11) is 0. The van der Waals surface area contributed by atoms with Crippen molar-refractivity contribution >= 4 is 54.5 Å². The molecule has 11 rings (SSSR count). The van der Waals surface area contributed by atoms with Crippen molar-refractivity contribution in [3.63, 3.8) is 0 Å². The van der Waals surface area contributed by atoms with Crippen LogP contribution in [0.2, 0.25) is 0 Å². The van der Waals surface area contributed by atoms with Gasteiger partial charge in [-0.15, -0.1) is 0 Å². The van der Waals surface area contributed by atoms with Crippen LogP contribution in [0.1, 0.15) is 22.6 Å². The molecule has 1 aliphatic rings. The predicted octanol–water partition coefficient (Wildman–Crippen LogP) is 12.7. The lowest BCUT2D eigenvalue weighted by atomic mass is 9.88. The number of aromatic nitrogens is 1. The molecule has 0 saturated heterocycles. The van der Waals surface area contributed by atoms with Gasteiger partial charge in [-0.1, -0.05) is 127 Å². The Morgan fingerprint density at radius 2 is 1.18 bits per heavy atom. The van der Waals surface area contributed by atoms with E-state index in [0.717, 1.165) is 27.6 Å². The van der Waals surface area contributed by atoms with Gasteiger partial charge in [0, 0.05) is 33.2 Å². The molecule has 49 heavy (non-hydrogen) atoms. The van der Waals surface area contributed by atoms with Crippen LogP contribution in [0.25, 0.3) is 82.5 Å². The summed E-state index contributed by atoms with van der Waals surface area (Å²) in [5.41, 5.74) is 14.6. The number of rotatable bonds is 3. The Morgan fingerprint density at radius 1 is 0.449 bits per heavy atom. The zero-order valence-electron chi connectivity index (χ0n) is 26.6. The molecule has 0 spiro atoms. The van der Waals surface area contributed by atoms with Gasteiger partial charge in [0.25, 0.3) is 0 Å². The number of fused-ring (bicyclic) bond motifs is 11. The Bertz CT molecular complexity index is 2930. The minimum atomic E-state index is 0.166. The summed E-state index contributed by atoms with van der Waals surface area (Å²) < 4.78 is 8.66. The molecule has 0 fully saturated rings. The predicted molar refractivity (Wildman–Crippen MR) is 204 cm³/mol. The third kappa shape index (κ3) is 3.77. The van der Waals surface area contributed by atoms with E-state index in [1.165, 1.54) is 71.5 Å². The number of hydrogen-bond donors (Lipinski definition) is 0. The van der Waals surface area contributed by atoms with Crippen LogP contribution in [0, 0.1) is 0 Å². The van der Waals surface area contributed by atoms with Gasteiger partial charge in [0.2, 0.25) is 0 Å². The summed E-state index contributed by atoms with van der Waals surface area (Å²) in [6, 6.07) is 62.0. The molecule has 0 radical (unpaired) electrons. The Labute approximate surface area is 283 Å². The SMILES string of the molecule is c1ccc(C2c3cc4c(cc3-c3c2ccc2ccccc32)c2ccccc2n4-c2ccc(-c3cccc4oc5ccccc5c34)cc2)cc1. The summed E-state index contributed by atoms with van der Waals surface area (Å²) in [6.07, 6.45) is 0. The average Bonchev–Trinajstić information content (AvgIpc) is 3.82. The molecule has 1 unspecified atom stereocenters. The maximum Gasteiger partial charge on any atom is 0.136 e. The number of para-hydroxylation sites is 2. The van der Waals surface area contributed by atoms with Gasteiger partial charge in [-0.05, 0) is 92.2 Å². The fourth-order valence-electron chi connectivity index (χ4n) is 8.57. The molecular formula is C47H29NO. The highest BCUT2D eigenvalue weighted by molar-refractivity contribution is 6.14. The molecule has 2 heteroatoms. The molecule has 228 valence electrons. The van der Waals surface area contributed by atoms with Gasteiger partial charge in [0.15, 0.2) is 0 Å². The van der Waals surface area contributed by atoms with Crippen molar-refractivity contribution in [1.29, 1.82) is 0 Å². The Kier molecular flexibility index (Phi) is 5.47. The van der Waals surface area contributed by atoms with Crippen LogP contribution in [-0.4, -0.2) is 4.57 Å². The first-order chi connectivity index (χ1) is 24.3. The third-order valence-corrected chi connectivity index (χ3v) is 10.7. The first kappa shape index (κ1) is 26.7. The van der Waals surface area contributed by atoms with Crippen molar-refractivity contribution in [1.82, 2.24) is 4.57 Å². The van der Waals surface area contributed by atoms with Crippen molar-refractivity contribution in [3.05, 3.63) is 187 Å². The zero-order chi connectivity index (χ0) is 32.1. The van der Waals surface area contributed by atoms with Crippen molar-refractivity contribution in [2.24, 2.45) is 0 Å². The summed E-state index contributed by atoms with van der Waals surface area (Å²) in [5, 5.41) is 7.46. The van der Waals surface area contributed by atoms with E-state index in [0.29, 0.717) is 0 Å². The van der Waals surface area contributed by atoms with Gasteiger partial charge in [0.1, 0.15) is 11.2 Å². The van der Waals surface area contributed by atoms with Gasteiger partial charge in [-0.3, -0.25) is 0 Å². The second kappa shape index (κ2) is 10.1. The Hall–Kier alpha value is -6.38. The van der Waals surface area contributed by atoms with E-state index in [9.17, 15) is 0 Å². The highest BCUT2D eigenvalue weighted by atomic mass is 16.3. The number of hydrogen-bond acceptors (Lipinski definition) is 1. The molecular weight excluding hydrogens is 595 g/mol. The average molecular weight is 624 g/mol. The number of nitrogens with zero attached hydrogens (tertiary/aromatic N) is 1. The van der Waals surface area contributed by atoms with E-state index in [1.54, 1.807) is 0 Å². The monoisotopic (exact) mass is 623 g/mol. The van der Waals surface area contributed by atoms with Crippen molar-refractivity contribution in [3.8, 4) is 27.9 Å². The van der Waals surface area contributed by atoms with Crippen LogP contribution in [0.4, 0.5) is 0 Å². The minimum Gasteiger partial charge on any atom is -0.456 e. The van der Waals surface area contributed by atoms with E-state index in [2.05, 4.69) is 162 Å². The van der Waals surface area contributed by atoms with Gasteiger partial charge in [-0.2, -0.15) is 0 Å². The molecule has 0 bridgehead atoms. The second-order valence-corrected chi connectivity index (χ2v) is 13.2. The van der Waals surface area contributed by atoms with Crippen LogP contribution in [0.5, 0.6) is 0 Å². The van der Waals surface area contributed by atoms with Gasteiger partial charge < -0.3 is 8.98 Å². The van der Waals surface area contributed by atoms with Gasteiger partial charge >= 0.3 is 0 Å². The van der Waals surface area contributed by atoms with Gasteiger partial charge in [0.05, 0.1) is 11.0 Å². The molecule has 10 aromatic rings. The fraction of sp³-hybridized carbons (Fsp3) is 0.0213. The lowest BCUT2D eigenvalue weighted by Gasteiger charge is -2.15. The van der Waals surface area contributed by atoms with Crippen LogP contribution in [0.3, 0.4) is 0 Å². The summed E-state index contributed by atoms with van der Waals surface area (Å²) >= 11 is 0. The van der Waals surface area contributed by atoms with E-state index in [4.69, 9.17) is 4.42 Å². The van der Waals surface area contributed by atoms with Crippen molar-refractivity contribution in [2.75, 3.05) is 0 Å². The molecule has 1 atom stereocenters. The van der Waals surface area contributed by atoms with Crippen LogP contribution in [-0.2, 0) is 0 Å². The smallest absolute Gasteiger partial charge is 0.136 e. The fourth-order valence-corrected chi connectivity index (χ4v) is 8.57. The highest BCUT2D eigenvalue weighted by Crippen LogP contribution is 2.52. The Balaban J connectivity index is 1.15. The normalized spacial score (nSPS) is 13.9. The van der Waals surface area contributed by atoms with E-state index >= 15 is 0 Å². The largest absolute Gasteiger partial charge is 0.456 e. The summed E-state index contributed by atoms with van der Waals surface area (Å²) in [4.78, 5) is 0. The topological polar surface area (TPSA) is 18.1 Å². The quantitative estimate of drug-likeness (QED) is 0.191. The molecule has 0 N–H and O–H groups in total. The van der Waals surface area contributed by atoms with Crippen molar-refractivity contribution < 1.29 is 4.42 Å². The van der Waals surface area contributed by atoms with Gasteiger partial charge in [-0.25, -0.2) is 0 Å². The number of furan rings is 1. The lowest BCUT2D eigenvalue weighted by Crippen LogP contribution is -2.00. The Morgan fingerprint density at radius 3 is 2.06 bits per heavy atom. The second-order valence-electron chi connectivity index (χ2n) is 13.2. The molecule has 0 amide bonds. The van der Waals surface area contributed by atoms with E-state index in [-0.39, 0.29) is 5.92 Å². The molecule has 0 saturated carbocycles. The molecule has 8 aromatic carbocycles. The van der Waals surface area contributed by atoms with Crippen LogP contribution >= 0.6 is 0 Å². The lowest BCUT2D eigenvalue weighted by molar-refractivity contribution is 0.669. The first-order valence-corrected chi connectivity index (χ1v) is 17.0. The molecule has 2 heterocycles. The highest BCUT2D eigenvalue weighted by Gasteiger charge is 2.32. The van der Waals surface area contributed by atoms with Crippen LogP contribution in [0.15, 0.2) is 174 Å². The summed E-state index contributed by atoms with van der Waals surface area (Å²) in [5.74, 6) is 0.166. The van der Waals surface area contributed by atoms with Crippen LogP contribution < -0.4 is 0 Å². The maximum absolute atomic E-state index is 6.21. The third-order valence-electron chi connectivity index (χ3n) is 10.7. The maximum atomic E-state index is 6.21. The van der Waals surface area contributed by atoms with Crippen molar-refractivity contribution in [2.45, 2.75) is 5.92 Å². The minimum absolute atomic E-state index is 0.166. The summed E-state index contributed by atoms with van der Waals surface area (Å²) in [6.45, 7) is 0. The first-order valence-electron chi connectivity index (χ1n) is 17.0. The molecule has 2 nitrogen and oxygen atoms in total. The standard InChI is InChI=1S/C47H29NO/c1-2-12-31(13-3-1)45-37-26-23-29-11-4-5-14-33(29)46(37)39-27-38-35-15-6-8-18-41(35)48(42(38)28-40(39)45)32-24-21-30(22-25-32)34-17-10-20-44-47(34)36-16-7-9-19-43(36)49-44/h1-28,45H. The van der Waals surface area contributed by atoms with E-state index < -0.39 is 0 Å².